The summed E-state index contributed by atoms with van der Waals surface area (Å²) < 4.78 is 4.32. The fourth-order valence-corrected chi connectivity index (χ4v) is 2.03. The van der Waals surface area contributed by atoms with Crippen molar-refractivity contribution < 1.29 is 24.2 Å². The number of nitrogens with one attached hydrogen (secondary N) is 1. The van der Waals surface area contributed by atoms with E-state index in [9.17, 15) is 14.4 Å². The smallest absolute Gasteiger partial charge is 0.413 e. The number of amides is 2. The van der Waals surface area contributed by atoms with Crippen LogP contribution in [0.1, 0.15) is 19.3 Å². The largest absolute Gasteiger partial charge is 0.481 e. The summed E-state index contributed by atoms with van der Waals surface area (Å²) in [6, 6.07) is 0. The third kappa shape index (κ3) is 5.13. The minimum absolute atomic E-state index is 0.138. The number of methoxy groups -OCH3 is 1. The summed E-state index contributed by atoms with van der Waals surface area (Å²) in [7, 11) is 1.19. The number of carbonyl (C=O) groups is 3. The minimum atomic E-state index is -0.795. The van der Waals surface area contributed by atoms with Gasteiger partial charge < -0.3 is 9.84 Å². The number of hydrogen-bond acceptors (Lipinski definition) is 5. The highest BCUT2D eigenvalue weighted by Crippen LogP contribution is 2.20. The molecule has 18 heavy (non-hydrogen) atoms. The predicted molar refractivity (Wildman–Crippen MR) is 62.0 cm³/mol. The molecule has 7 nitrogen and oxygen atoms in total. The Balaban J connectivity index is 2.23. The van der Waals surface area contributed by atoms with Crippen molar-refractivity contribution in [1.29, 1.82) is 0 Å². The molecule has 1 aliphatic heterocycles. The number of alkyl carbamates (subject to hydrolysis) is 1. The number of carbonyl (C=O) groups excluding carboxylic acids is 2. The van der Waals surface area contributed by atoms with Crippen LogP contribution >= 0.6 is 0 Å². The van der Waals surface area contributed by atoms with E-state index in [1.165, 1.54) is 7.11 Å². The molecule has 1 atom stereocenters. The van der Waals surface area contributed by atoms with Gasteiger partial charge in [-0.25, -0.2) is 4.79 Å². The number of imide groups is 1. The van der Waals surface area contributed by atoms with E-state index in [0.29, 0.717) is 18.9 Å². The van der Waals surface area contributed by atoms with Gasteiger partial charge in [-0.15, -0.1) is 0 Å². The Morgan fingerprint density at radius 3 is 2.78 bits per heavy atom. The van der Waals surface area contributed by atoms with Gasteiger partial charge in [-0.3, -0.25) is 19.8 Å². The molecule has 1 unspecified atom stereocenters. The number of carboxylic acid groups (broad SMARTS) is 1. The summed E-state index contributed by atoms with van der Waals surface area (Å²) in [6.45, 7) is 1.58. The van der Waals surface area contributed by atoms with Gasteiger partial charge in [-0.1, -0.05) is 0 Å². The first-order valence-electron chi connectivity index (χ1n) is 5.83. The van der Waals surface area contributed by atoms with E-state index in [-0.39, 0.29) is 13.0 Å². The fraction of sp³-hybridized carbons (Fsp3) is 0.727. The van der Waals surface area contributed by atoms with Crippen molar-refractivity contribution in [2.24, 2.45) is 5.92 Å². The molecule has 1 saturated heterocycles. The number of hydrogen-bond donors (Lipinski definition) is 2. The lowest BCUT2D eigenvalue weighted by molar-refractivity contribution is -0.137. The lowest BCUT2D eigenvalue weighted by Gasteiger charge is -2.14. The second-order valence-corrected chi connectivity index (χ2v) is 4.36. The molecule has 0 radical (unpaired) electrons. The first kappa shape index (κ1) is 14.4. The summed E-state index contributed by atoms with van der Waals surface area (Å²) >= 11 is 0. The summed E-state index contributed by atoms with van der Waals surface area (Å²) in [5.41, 5.74) is 0. The Morgan fingerprint density at radius 2 is 2.17 bits per heavy atom. The highest BCUT2D eigenvalue weighted by molar-refractivity contribution is 5.92. The molecule has 102 valence electrons. The molecule has 2 N–H and O–H groups in total. The second kappa shape index (κ2) is 6.95. The summed E-state index contributed by atoms with van der Waals surface area (Å²) in [5.74, 6) is -0.885. The average molecular weight is 258 g/mol. The van der Waals surface area contributed by atoms with Gasteiger partial charge in [-0.05, 0) is 25.3 Å². The van der Waals surface area contributed by atoms with Gasteiger partial charge in [0, 0.05) is 13.0 Å². The fourth-order valence-electron chi connectivity index (χ4n) is 2.03. The van der Waals surface area contributed by atoms with Gasteiger partial charge in [0.15, 0.2) is 0 Å². The van der Waals surface area contributed by atoms with Crippen LogP contribution in [0.5, 0.6) is 0 Å². The summed E-state index contributed by atoms with van der Waals surface area (Å²) in [4.78, 5) is 34.5. The number of carboxylic acids is 1. The van der Waals surface area contributed by atoms with Crippen molar-refractivity contribution >= 4 is 18.0 Å². The van der Waals surface area contributed by atoms with E-state index >= 15 is 0 Å². The van der Waals surface area contributed by atoms with Gasteiger partial charge in [0.2, 0.25) is 5.91 Å². The molecule has 1 heterocycles. The van der Waals surface area contributed by atoms with Crippen LogP contribution in [0, 0.1) is 5.92 Å². The maximum atomic E-state index is 11.4. The molecule has 7 heteroatoms. The monoisotopic (exact) mass is 258 g/mol. The van der Waals surface area contributed by atoms with Gasteiger partial charge >= 0.3 is 12.1 Å². The number of rotatable bonds is 5. The van der Waals surface area contributed by atoms with E-state index in [0.717, 1.165) is 13.0 Å². The van der Waals surface area contributed by atoms with E-state index in [4.69, 9.17) is 5.11 Å². The normalized spacial score (nSPS) is 19.5. The van der Waals surface area contributed by atoms with Crippen LogP contribution in [0.4, 0.5) is 4.79 Å². The first-order valence-corrected chi connectivity index (χ1v) is 5.83. The number of ether oxygens (including phenoxy) is 1. The number of likely N-dealkylation sites (tertiary alicyclic amines) is 1. The second-order valence-electron chi connectivity index (χ2n) is 4.36. The average Bonchev–Trinajstić information content (AvgIpc) is 2.73. The standard InChI is InChI=1S/C11H18N2O5/c1-18-11(17)12-9(14)7-13-5-4-8(6-13)2-3-10(15)16/h8H,2-7H2,1H3,(H,15,16)(H,12,14,17). The van der Waals surface area contributed by atoms with Crippen LogP contribution in [0.3, 0.4) is 0 Å². The Hall–Kier alpha value is -1.63. The van der Waals surface area contributed by atoms with E-state index in [1.807, 2.05) is 4.90 Å². The number of nitrogens with zero attached hydrogens (tertiary/aromatic N) is 1. The Bertz CT molecular complexity index is 331. The molecule has 0 saturated carbocycles. The van der Waals surface area contributed by atoms with E-state index < -0.39 is 18.0 Å². The Labute approximate surface area is 105 Å². The van der Waals surface area contributed by atoms with Gasteiger partial charge in [0.1, 0.15) is 0 Å². The maximum absolute atomic E-state index is 11.4. The predicted octanol–water partition coefficient (Wildman–Crippen LogP) is 0.0557. The SMILES string of the molecule is COC(=O)NC(=O)CN1CCC(CCC(=O)O)C1. The number of aliphatic carboxylic acids is 1. The van der Waals surface area contributed by atoms with Gasteiger partial charge in [-0.2, -0.15) is 0 Å². The van der Waals surface area contributed by atoms with Crippen molar-refractivity contribution in [1.82, 2.24) is 10.2 Å². The molecule has 0 bridgehead atoms. The van der Waals surface area contributed by atoms with Crippen LogP contribution in [-0.4, -0.2) is 54.7 Å². The molecular weight excluding hydrogens is 240 g/mol. The van der Waals surface area contributed by atoms with Crippen LogP contribution in [0.25, 0.3) is 0 Å². The van der Waals surface area contributed by atoms with Crippen LogP contribution in [-0.2, 0) is 14.3 Å². The summed E-state index contributed by atoms with van der Waals surface area (Å²) in [6.07, 6.45) is 0.914. The van der Waals surface area contributed by atoms with Gasteiger partial charge in [0.05, 0.1) is 13.7 Å². The topological polar surface area (TPSA) is 95.9 Å². The molecule has 2 amide bonds. The minimum Gasteiger partial charge on any atom is -0.481 e. The maximum Gasteiger partial charge on any atom is 0.413 e. The highest BCUT2D eigenvalue weighted by Gasteiger charge is 2.24. The van der Waals surface area contributed by atoms with Crippen molar-refractivity contribution in [2.75, 3.05) is 26.7 Å². The van der Waals surface area contributed by atoms with Crippen molar-refractivity contribution in [3.8, 4) is 0 Å². The van der Waals surface area contributed by atoms with Crippen molar-refractivity contribution in [3.63, 3.8) is 0 Å². The first-order chi connectivity index (χ1) is 8.51. The molecule has 0 aromatic rings. The third-order valence-electron chi connectivity index (χ3n) is 2.93. The van der Waals surface area contributed by atoms with Crippen LogP contribution in [0.2, 0.25) is 0 Å². The van der Waals surface area contributed by atoms with Crippen LogP contribution in [0.15, 0.2) is 0 Å². The Morgan fingerprint density at radius 1 is 1.44 bits per heavy atom. The van der Waals surface area contributed by atoms with Crippen LogP contribution < -0.4 is 5.32 Å². The van der Waals surface area contributed by atoms with Gasteiger partial charge in [0.25, 0.3) is 0 Å². The zero-order valence-electron chi connectivity index (χ0n) is 10.3. The molecule has 1 rings (SSSR count). The molecule has 0 aromatic carbocycles. The zero-order chi connectivity index (χ0) is 13.5. The molecule has 1 fully saturated rings. The molecular formula is C11H18N2O5. The molecule has 0 aromatic heterocycles. The zero-order valence-corrected chi connectivity index (χ0v) is 10.3. The Kier molecular flexibility index (Phi) is 5.57. The highest BCUT2D eigenvalue weighted by atomic mass is 16.5. The van der Waals surface area contributed by atoms with Crippen molar-refractivity contribution in [3.05, 3.63) is 0 Å². The van der Waals surface area contributed by atoms with E-state index in [1.54, 1.807) is 0 Å². The third-order valence-corrected chi connectivity index (χ3v) is 2.93. The molecule has 0 spiro atoms. The summed E-state index contributed by atoms with van der Waals surface area (Å²) in [5, 5.41) is 10.7. The quantitative estimate of drug-likeness (QED) is 0.723. The lowest BCUT2D eigenvalue weighted by atomic mass is 10.0. The lowest BCUT2D eigenvalue weighted by Crippen LogP contribution is -2.39. The molecule has 0 aliphatic carbocycles. The molecule has 1 aliphatic rings. The van der Waals surface area contributed by atoms with Crippen molar-refractivity contribution in [2.45, 2.75) is 19.3 Å². The van der Waals surface area contributed by atoms with E-state index in [2.05, 4.69) is 10.1 Å².